The van der Waals surface area contributed by atoms with Gasteiger partial charge in [-0.15, -0.1) is 5.06 Å². The van der Waals surface area contributed by atoms with E-state index in [-0.39, 0.29) is 18.4 Å². The van der Waals surface area contributed by atoms with Crippen LogP contribution in [0.5, 0.6) is 0 Å². The van der Waals surface area contributed by atoms with Crippen LogP contribution in [0, 0.1) is 0 Å². The lowest BCUT2D eigenvalue weighted by atomic mass is 10.2. The first kappa shape index (κ1) is 17.2. The molecule has 0 aliphatic rings. The monoisotopic (exact) mass is 293 g/mol. The molecule has 0 saturated heterocycles. The van der Waals surface area contributed by atoms with Gasteiger partial charge < -0.3 is 9.57 Å². The number of nitrogens with zero attached hydrogens (tertiary/aromatic N) is 1. The molecule has 0 fully saturated rings. The van der Waals surface area contributed by atoms with Crippen LogP contribution < -0.4 is 0 Å². The van der Waals surface area contributed by atoms with E-state index >= 15 is 0 Å². The molecule has 0 heterocycles. The van der Waals surface area contributed by atoms with E-state index in [1.807, 2.05) is 19.9 Å². The highest BCUT2D eigenvalue weighted by atomic mass is 16.7. The Bertz CT molecular complexity index is 447. The second kappa shape index (κ2) is 9.13. The first-order chi connectivity index (χ1) is 10.1. The molecule has 0 saturated carbocycles. The number of carbonyl (C=O) groups is 2. The van der Waals surface area contributed by atoms with Crippen LogP contribution in [0.4, 0.5) is 0 Å². The van der Waals surface area contributed by atoms with E-state index in [0.717, 1.165) is 6.42 Å². The molecule has 1 aromatic rings. The Balaban J connectivity index is 2.61. The van der Waals surface area contributed by atoms with Crippen molar-refractivity contribution in [3.8, 4) is 0 Å². The summed E-state index contributed by atoms with van der Waals surface area (Å²) in [6, 6.07) is 8.83. The topological polar surface area (TPSA) is 55.8 Å². The highest BCUT2D eigenvalue weighted by Gasteiger charge is 2.19. The average Bonchev–Trinajstić information content (AvgIpc) is 2.51. The molecule has 0 aromatic heterocycles. The molecule has 5 nitrogen and oxygen atoms in total. The number of ether oxygens (including phenoxy) is 1. The first-order valence-corrected chi connectivity index (χ1v) is 7.28. The lowest BCUT2D eigenvalue weighted by molar-refractivity contribution is -0.154. The van der Waals surface area contributed by atoms with Crippen molar-refractivity contribution < 1.29 is 19.2 Å². The van der Waals surface area contributed by atoms with Crippen molar-refractivity contribution >= 4 is 11.9 Å². The maximum absolute atomic E-state index is 12.1. The summed E-state index contributed by atoms with van der Waals surface area (Å²) >= 11 is 0. The first-order valence-electron chi connectivity index (χ1n) is 7.28. The van der Waals surface area contributed by atoms with E-state index in [1.165, 1.54) is 0 Å². The van der Waals surface area contributed by atoms with Crippen LogP contribution in [-0.4, -0.2) is 36.2 Å². The predicted molar refractivity (Wildman–Crippen MR) is 79.6 cm³/mol. The molecule has 0 amide bonds. The summed E-state index contributed by atoms with van der Waals surface area (Å²) in [5, 5.41) is 1.55. The van der Waals surface area contributed by atoms with E-state index in [0.29, 0.717) is 18.7 Å². The molecule has 1 unspecified atom stereocenters. The van der Waals surface area contributed by atoms with Gasteiger partial charge in [0.1, 0.15) is 0 Å². The van der Waals surface area contributed by atoms with Gasteiger partial charge in [0, 0.05) is 12.6 Å². The molecule has 0 bridgehead atoms. The lowest BCUT2D eigenvalue weighted by Crippen LogP contribution is -2.36. The smallest absolute Gasteiger partial charge is 0.357 e. The Morgan fingerprint density at radius 1 is 1.19 bits per heavy atom. The van der Waals surface area contributed by atoms with Crippen molar-refractivity contribution in [1.82, 2.24) is 5.06 Å². The van der Waals surface area contributed by atoms with Crippen LogP contribution >= 0.6 is 0 Å². The Morgan fingerprint density at radius 2 is 1.86 bits per heavy atom. The molecule has 116 valence electrons. The minimum atomic E-state index is -0.417. The molecule has 0 N–H and O–H groups in total. The molecule has 5 heteroatoms. The normalized spacial score (nSPS) is 12.0. The fourth-order valence-electron chi connectivity index (χ4n) is 1.73. The summed E-state index contributed by atoms with van der Waals surface area (Å²) in [5.74, 6) is -0.707. The highest BCUT2D eigenvalue weighted by molar-refractivity contribution is 5.89. The Labute approximate surface area is 125 Å². The zero-order valence-electron chi connectivity index (χ0n) is 12.9. The number of benzene rings is 1. The van der Waals surface area contributed by atoms with Gasteiger partial charge in [0.15, 0.2) is 0 Å². The van der Waals surface area contributed by atoms with Gasteiger partial charge in [0.05, 0.1) is 18.6 Å². The van der Waals surface area contributed by atoms with Gasteiger partial charge in [0.2, 0.25) is 0 Å². The SMILES string of the molecule is CCOC(=O)CCN(OC(=O)c1ccccc1)C(C)CC. The minimum absolute atomic E-state index is 0.0343. The van der Waals surface area contributed by atoms with Gasteiger partial charge >= 0.3 is 11.9 Å². The van der Waals surface area contributed by atoms with E-state index in [9.17, 15) is 9.59 Å². The summed E-state index contributed by atoms with van der Waals surface area (Å²) in [6.45, 7) is 6.39. The fraction of sp³-hybridized carbons (Fsp3) is 0.500. The van der Waals surface area contributed by atoms with Gasteiger partial charge in [-0.1, -0.05) is 25.1 Å². The summed E-state index contributed by atoms with van der Waals surface area (Å²) < 4.78 is 4.89. The third-order valence-corrected chi connectivity index (χ3v) is 3.13. The number of esters is 1. The van der Waals surface area contributed by atoms with Gasteiger partial charge in [-0.25, -0.2) is 4.79 Å². The Morgan fingerprint density at radius 3 is 2.43 bits per heavy atom. The largest absolute Gasteiger partial charge is 0.466 e. The van der Waals surface area contributed by atoms with E-state index < -0.39 is 5.97 Å². The van der Waals surface area contributed by atoms with Crippen LogP contribution in [0.1, 0.15) is 44.0 Å². The number of hydroxylamine groups is 2. The van der Waals surface area contributed by atoms with Gasteiger partial charge in [-0.05, 0) is 32.4 Å². The minimum Gasteiger partial charge on any atom is -0.466 e. The third kappa shape index (κ3) is 5.95. The van der Waals surface area contributed by atoms with Gasteiger partial charge in [-0.3, -0.25) is 4.79 Å². The second-order valence-electron chi connectivity index (χ2n) is 4.70. The number of hydrogen-bond donors (Lipinski definition) is 0. The Kier molecular flexibility index (Phi) is 7.46. The maximum Gasteiger partial charge on any atom is 0.357 e. The van der Waals surface area contributed by atoms with Crippen molar-refractivity contribution in [1.29, 1.82) is 0 Å². The maximum atomic E-state index is 12.1. The van der Waals surface area contributed by atoms with Crippen LogP contribution in [0.3, 0.4) is 0 Å². The Hall–Kier alpha value is -1.88. The molecule has 21 heavy (non-hydrogen) atoms. The van der Waals surface area contributed by atoms with E-state index in [2.05, 4.69) is 0 Å². The lowest BCUT2D eigenvalue weighted by Gasteiger charge is -2.26. The molecule has 0 aliphatic heterocycles. The zero-order chi connectivity index (χ0) is 15.7. The molecule has 0 spiro atoms. The summed E-state index contributed by atoms with van der Waals surface area (Å²) in [5.41, 5.74) is 0.488. The van der Waals surface area contributed by atoms with Crippen LogP contribution in [-0.2, 0) is 14.4 Å². The van der Waals surface area contributed by atoms with Gasteiger partial charge in [-0.2, -0.15) is 0 Å². The van der Waals surface area contributed by atoms with Crippen molar-refractivity contribution in [2.45, 2.75) is 39.7 Å². The average molecular weight is 293 g/mol. The summed E-state index contributed by atoms with van der Waals surface area (Å²) in [6.07, 6.45) is 1.01. The summed E-state index contributed by atoms with van der Waals surface area (Å²) in [7, 11) is 0. The fourth-order valence-corrected chi connectivity index (χ4v) is 1.73. The predicted octanol–water partition coefficient (Wildman–Crippen LogP) is 2.81. The van der Waals surface area contributed by atoms with Crippen molar-refractivity contribution in [2.24, 2.45) is 0 Å². The number of carbonyl (C=O) groups excluding carboxylic acids is 2. The quantitative estimate of drug-likeness (QED) is 0.545. The van der Waals surface area contributed by atoms with Crippen LogP contribution in [0.25, 0.3) is 0 Å². The van der Waals surface area contributed by atoms with Crippen molar-refractivity contribution in [3.63, 3.8) is 0 Å². The summed E-state index contributed by atoms with van der Waals surface area (Å²) in [4.78, 5) is 28.9. The van der Waals surface area contributed by atoms with Crippen LogP contribution in [0.2, 0.25) is 0 Å². The highest BCUT2D eigenvalue weighted by Crippen LogP contribution is 2.10. The molecule has 1 aromatic carbocycles. The second-order valence-corrected chi connectivity index (χ2v) is 4.70. The standard InChI is InChI=1S/C16H23NO4/c1-4-13(3)17(12-11-15(18)20-5-2)21-16(19)14-9-7-6-8-10-14/h6-10,13H,4-5,11-12H2,1-3H3. The zero-order valence-corrected chi connectivity index (χ0v) is 12.9. The molecular formula is C16H23NO4. The van der Waals surface area contributed by atoms with Crippen molar-refractivity contribution in [2.75, 3.05) is 13.2 Å². The van der Waals surface area contributed by atoms with E-state index in [1.54, 1.807) is 36.3 Å². The molecule has 0 aliphatic carbocycles. The number of hydrogen-bond acceptors (Lipinski definition) is 5. The molecule has 0 radical (unpaired) electrons. The molecule has 1 rings (SSSR count). The molecular weight excluding hydrogens is 270 g/mol. The van der Waals surface area contributed by atoms with E-state index in [4.69, 9.17) is 9.57 Å². The molecule has 1 atom stereocenters. The van der Waals surface area contributed by atoms with Gasteiger partial charge in [0.25, 0.3) is 0 Å². The van der Waals surface area contributed by atoms with Crippen molar-refractivity contribution in [3.05, 3.63) is 35.9 Å². The number of rotatable bonds is 8. The van der Waals surface area contributed by atoms with Crippen LogP contribution in [0.15, 0.2) is 30.3 Å². The third-order valence-electron chi connectivity index (χ3n) is 3.13.